The van der Waals surface area contributed by atoms with Crippen LogP contribution >= 0.6 is 11.3 Å². The summed E-state index contributed by atoms with van der Waals surface area (Å²) in [4.78, 5) is 31.0. The van der Waals surface area contributed by atoms with Gasteiger partial charge in [0.15, 0.2) is 0 Å². The standard InChI is InChI=1S/C20H20F3N3O3S/c1-11-13(3)30-18-17(11)19(28)26(10-24-18)9-8-16(27)25-12(2)14-4-6-15(7-5-14)29-20(21,22)23/h4-7,10,12H,8-9H2,1-3H3,(H,25,27). The second-order valence-corrected chi connectivity index (χ2v) is 8.07. The Morgan fingerprint density at radius 1 is 1.27 bits per heavy atom. The first kappa shape index (κ1) is 21.8. The highest BCUT2D eigenvalue weighted by Gasteiger charge is 2.31. The van der Waals surface area contributed by atoms with Gasteiger partial charge in [0.2, 0.25) is 5.91 Å². The number of carbonyl (C=O) groups excluding carboxylic acids is 1. The highest BCUT2D eigenvalue weighted by Crippen LogP contribution is 2.26. The molecule has 6 nitrogen and oxygen atoms in total. The van der Waals surface area contributed by atoms with Gasteiger partial charge >= 0.3 is 6.36 Å². The third-order valence-electron chi connectivity index (χ3n) is 4.73. The molecule has 0 saturated carbocycles. The van der Waals surface area contributed by atoms with E-state index in [9.17, 15) is 22.8 Å². The summed E-state index contributed by atoms with van der Waals surface area (Å²) in [7, 11) is 0. The van der Waals surface area contributed by atoms with Crippen LogP contribution in [0.2, 0.25) is 0 Å². The molecular formula is C20H20F3N3O3S. The molecule has 0 saturated heterocycles. The summed E-state index contributed by atoms with van der Waals surface area (Å²) in [5, 5.41) is 3.35. The Labute approximate surface area is 174 Å². The summed E-state index contributed by atoms with van der Waals surface area (Å²) in [5.74, 6) is -0.616. The predicted octanol–water partition coefficient (Wildman–Crippen LogP) is 4.24. The Morgan fingerprint density at radius 2 is 1.93 bits per heavy atom. The maximum absolute atomic E-state index is 12.7. The van der Waals surface area contributed by atoms with E-state index >= 15 is 0 Å². The fourth-order valence-corrected chi connectivity index (χ4v) is 3.99. The third kappa shape index (κ3) is 4.99. The minimum absolute atomic E-state index is 0.0644. The van der Waals surface area contributed by atoms with Crippen LogP contribution in [0.4, 0.5) is 13.2 Å². The Kier molecular flexibility index (Phi) is 6.16. The molecule has 0 bridgehead atoms. The van der Waals surface area contributed by atoms with Crippen LogP contribution in [0.1, 0.15) is 35.4 Å². The minimum Gasteiger partial charge on any atom is -0.406 e. The average molecular weight is 439 g/mol. The van der Waals surface area contributed by atoms with Crippen molar-refractivity contribution in [2.45, 2.75) is 46.1 Å². The first-order chi connectivity index (χ1) is 14.0. The second kappa shape index (κ2) is 8.47. The summed E-state index contributed by atoms with van der Waals surface area (Å²) in [6, 6.07) is 4.87. The largest absolute Gasteiger partial charge is 0.573 e. The van der Waals surface area contributed by atoms with Crippen LogP contribution in [-0.4, -0.2) is 21.8 Å². The number of ether oxygens (including phenoxy) is 1. The van der Waals surface area contributed by atoms with Gasteiger partial charge in [-0.1, -0.05) is 12.1 Å². The zero-order valence-corrected chi connectivity index (χ0v) is 17.4. The molecule has 0 aliphatic carbocycles. The smallest absolute Gasteiger partial charge is 0.406 e. The van der Waals surface area contributed by atoms with Crippen LogP contribution in [0.5, 0.6) is 5.75 Å². The molecule has 0 aliphatic heterocycles. The van der Waals surface area contributed by atoms with Crippen LogP contribution in [-0.2, 0) is 11.3 Å². The molecule has 1 aromatic carbocycles. The number of aryl methyl sites for hydroxylation is 3. The lowest BCUT2D eigenvalue weighted by molar-refractivity contribution is -0.274. The number of alkyl halides is 3. The lowest BCUT2D eigenvalue weighted by Crippen LogP contribution is -2.29. The van der Waals surface area contributed by atoms with Gasteiger partial charge in [-0.25, -0.2) is 4.98 Å². The molecule has 160 valence electrons. The number of rotatable bonds is 6. The molecule has 1 atom stereocenters. The van der Waals surface area contributed by atoms with E-state index in [1.807, 2.05) is 13.8 Å². The Bertz CT molecular complexity index is 1120. The van der Waals surface area contributed by atoms with Gasteiger partial charge in [-0.2, -0.15) is 0 Å². The molecule has 30 heavy (non-hydrogen) atoms. The van der Waals surface area contributed by atoms with Gasteiger partial charge in [0.05, 0.1) is 17.8 Å². The third-order valence-corrected chi connectivity index (χ3v) is 5.84. The number of fused-ring (bicyclic) bond motifs is 1. The maximum Gasteiger partial charge on any atom is 0.573 e. The van der Waals surface area contributed by atoms with Gasteiger partial charge in [0, 0.05) is 17.8 Å². The minimum atomic E-state index is -4.75. The highest BCUT2D eigenvalue weighted by molar-refractivity contribution is 7.18. The molecule has 3 rings (SSSR count). The number of benzene rings is 1. The van der Waals surface area contributed by atoms with Crippen molar-refractivity contribution >= 4 is 27.5 Å². The van der Waals surface area contributed by atoms with E-state index in [1.54, 1.807) is 6.92 Å². The van der Waals surface area contributed by atoms with E-state index in [0.717, 1.165) is 10.4 Å². The summed E-state index contributed by atoms with van der Waals surface area (Å²) >= 11 is 1.46. The van der Waals surface area contributed by atoms with Gasteiger partial charge < -0.3 is 10.1 Å². The molecular weight excluding hydrogens is 419 g/mol. The van der Waals surface area contributed by atoms with E-state index in [4.69, 9.17) is 0 Å². The SMILES string of the molecule is Cc1sc2ncn(CCC(=O)NC(C)c3ccc(OC(F)(F)F)cc3)c(=O)c2c1C. The maximum atomic E-state index is 12.7. The molecule has 2 aromatic heterocycles. The van der Waals surface area contributed by atoms with Crippen LogP contribution in [0.25, 0.3) is 10.2 Å². The number of amides is 1. The molecule has 10 heteroatoms. The highest BCUT2D eigenvalue weighted by atomic mass is 32.1. The number of hydrogen-bond acceptors (Lipinski definition) is 5. The monoisotopic (exact) mass is 439 g/mol. The second-order valence-electron chi connectivity index (χ2n) is 6.86. The lowest BCUT2D eigenvalue weighted by atomic mass is 10.1. The van der Waals surface area contributed by atoms with Gasteiger partial charge in [0.1, 0.15) is 10.6 Å². The van der Waals surface area contributed by atoms with Gasteiger partial charge in [-0.05, 0) is 44.0 Å². The van der Waals surface area contributed by atoms with E-state index in [2.05, 4.69) is 15.0 Å². The van der Waals surface area contributed by atoms with Crippen LogP contribution in [0.3, 0.4) is 0 Å². The first-order valence-corrected chi connectivity index (χ1v) is 9.97. The van der Waals surface area contributed by atoms with Crippen molar-refractivity contribution < 1.29 is 22.7 Å². The van der Waals surface area contributed by atoms with Crippen molar-refractivity contribution in [1.82, 2.24) is 14.9 Å². The number of carbonyl (C=O) groups is 1. The van der Waals surface area contributed by atoms with Crippen molar-refractivity contribution in [1.29, 1.82) is 0 Å². The van der Waals surface area contributed by atoms with Gasteiger partial charge in [-0.3, -0.25) is 14.2 Å². The molecule has 0 spiro atoms. The number of thiophene rings is 1. The van der Waals surface area contributed by atoms with Crippen molar-refractivity contribution in [3.63, 3.8) is 0 Å². The van der Waals surface area contributed by atoms with Gasteiger partial charge in [-0.15, -0.1) is 24.5 Å². The Balaban J connectivity index is 1.61. The quantitative estimate of drug-likeness (QED) is 0.624. The zero-order chi connectivity index (χ0) is 22.1. The average Bonchev–Trinajstić information content (AvgIpc) is 2.95. The number of nitrogens with one attached hydrogen (secondary N) is 1. The fourth-order valence-electron chi connectivity index (χ4n) is 3.01. The van der Waals surface area contributed by atoms with E-state index in [-0.39, 0.29) is 30.2 Å². The first-order valence-electron chi connectivity index (χ1n) is 9.15. The summed E-state index contributed by atoms with van der Waals surface area (Å²) in [5.41, 5.74) is 1.35. The van der Waals surface area contributed by atoms with Crippen LogP contribution in [0, 0.1) is 13.8 Å². The van der Waals surface area contributed by atoms with Crippen LogP contribution in [0.15, 0.2) is 35.4 Å². The Hall–Kier alpha value is -2.88. The molecule has 3 aromatic rings. The van der Waals surface area contributed by atoms with Crippen molar-refractivity contribution in [3.8, 4) is 5.75 Å². The number of nitrogens with zero attached hydrogens (tertiary/aromatic N) is 2. The Morgan fingerprint density at radius 3 is 2.57 bits per heavy atom. The fraction of sp³-hybridized carbons (Fsp3) is 0.350. The summed E-state index contributed by atoms with van der Waals surface area (Å²) in [6.45, 7) is 5.70. The van der Waals surface area contributed by atoms with Crippen LogP contribution < -0.4 is 15.6 Å². The lowest BCUT2D eigenvalue weighted by Gasteiger charge is -2.15. The van der Waals surface area contributed by atoms with E-state index in [0.29, 0.717) is 15.8 Å². The molecule has 0 radical (unpaired) electrons. The normalized spacial score (nSPS) is 12.7. The van der Waals surface area contributed by atoms with E-state index in [1.165, 1.54) is 46.5 Å². The predicted molar refractivity (Wildman–Crippen MR) is 108 cm³/mol. The number of aromatic nitrogens is 2. The topological polar surface area (TPSA) is 73.2 Å². The van der Waals surface area contributed by atoms with Crippen molar-refractivity contribution in [2.24, 2.45) is 0 Å². The molecule has 0 aliphatic rings. The number of hydrogen-bond donors (Lipinski definition) is 1. The zero-order valence-electron chi connectivity index (χ0n) is 16.5. The number of halogens is 3. The molecule has 1 N–H and O–H groups in total. The molecule has 1 unspecified atom stereocenters. The summed E-state index contributed by atoms with van der Waals surface area (Å²) in [6.07, 6.45) is -3.25. The van der Waals surface area contributed by atoms with Gasteiger partial charge in [0.25, 0.3) is 5.56 Å². The van der Waals surface area contributed by atoms with E-state index < -0.39 is 12.4 Å². The van der Waals surface area contributed by atoms with Crippen molar-refractivity contribution in [2.75, 3.05) is 0 Å². The molecule has 2 heterocycles. The van der Waals surface area contributed by atoms with Crippen molar-refractivity contribution in [3.05, 3.63) is 57.0 Å². The molecule has 1 amide bonds. The molecule has 0 fully saturated rings. The summed E-state index contributed by atoms with van der Waals surface area (Å²) < 4.78 is 41.9.